The number of aliphatic imine (C=N–C) groups is 1. The Kier molecular flexibility index (Phi) is 9.87. The maximum absolute atomic E-state index is 12.7. The van der Waals surface area contributed by atoms with Gasteiger partial charge in [-0.25, -0.2) is 4.99 Å². The summed E-state index contributed by atoms with van der Waals surface area (Å²) in [6.07, 6.45) is 2.40. The molecule has 1 aromatic rings. The van der Waals surface area contributed by atoms with Crippen LogP contribution in [-0.4, -0.2) is 67.0 Å². The van der Waals surface area contributed by atoms with Crippen molar-refractivity contribution in [3.05, 3.63) is 35.4 Å². The van der Waals surface area contributed by atoms with E-state index in [2.05, 4.69) is 33.4 Å². The van der Waals surface area contributed by atoms with Crippen molar-refractivity contribution >= 4 is 41.8 Å². The van der Waals surface area contributed by atoms with Crippen LogP contribution >= 0.6 is 24.0 Å². The fourth-order valence-corrected chi connectivity index (χ4v) is 3.96. The molecule has 1 aromatic carbocycles. The Morgan fingerprint density at radius 2 is 1.80 bits per heavy atom. The molecule has 3 rings (SSSR count). The smallest absolute Gasteiger partial charge is 0.309 e. The summed E-state index contributed by atoms with van der Waals surface area (Å²) in [6.45, 7) is 8.03. The number of halogens is 1. The summed E-state index contributed by atoms with van der Waals surface area (Å²) in [5.74, 6) is 0.663. The summed E-state index contributed by atoms with van der Waals surface area (Å²) >= 11 is 0. The minimum Gasteiger partial charge on any atom is -0.466 e. The Bertz CT molecular complexity index is 748. The second-order valence-corrected chi connectivity index (χ2v) is 7.52. The van der Waals surface area contributed by atoms with Crippen molar-refractivity contribution in [1.29, 1.82) is 0 Å². The highest BCUT2D eigenvalue weighted by molar-refractivity contribution is 14.0. The highest BCUT2D eigenvalue weighted by atomic mass is 127. The molecule has 2 aliphatic heterocycles. The molecule has 0 aliphatic carbocycles. The number of piperidine rings is 1. The zero-order valence-corrected chi connectivity index (χ0v) is 20.3. The van der Waals surface area contributed by atoms with Crippen LogP contribution < -0.4 is 5.32 Å². The summed E-state index contributed by atoms with van der Waals surface area (Å²) in [5, 5.41) is 3.28. The number of benzene rings is 1. The maximum Gasteiger partial charge on any atom is 0.309 e. The largest absolute Gasteiger partial charge is 0.466 e. The van der Waals surface area contributed by atoms with E-state index in [1.807, 2.05) is 24.8 Å². The molecule has 30 heavy (non-hydrogen) atoms. The van der Waals surface area contributed by atoms with Crippen molar-refractivity contribution < 1.29 is 14.3 Å². The van der Waals surface area contributed by atoms with Crippen molar-refractivity contribution in [3.63, 3.8) is 0 Å². The molecule has 1 N–H and O–H groups in total. The van der Waals surface area contributed by atoms with E-state index in [0.29, 0.717) is 13.2 Å². The third kappa shape index (κ3) is 6.33. The molecular formula is C22H33IN4O3. The number of nitrogens with one attached hydrogen (secondary N) is 1. The van der Waals surface area contributed by atoms with Crippen LogP contribution in [-0.2, 0) is 27.3 Å². The number of hydrogen-bond acceptors (Lipinski definition) is 4. The molecule has 2 heterocycles. The molecule has 2 aliphatic rings. The molecule has 1 fully saturated rings. The fraction of sp³-hybridized carbons (Fsp3) is 0.591. The van der Waals surface area contributed by atoms with E-state index in [9.17, 15) is 9.59 Å². The fourth-order valence-electron chi connectivity index (χ4n) is 3.96. The van der Waals surface area contributed by atoms with Gasteiger partial charge in [0.15, 0.2) is 5.96 Å². The molecule has 0 bridgehead atoms. The average molecular weight is 528 g/mol. The molecule has 1 amide bonds. The number of rotatable bonds is 5. The van der Waals surface area contributed by atoms with E-state index >= 15 is 0 Å². The highest BCUT2D eigenvalue weighted by Gasteiger charge is 2.27. The molecule has 1 saturated heterocycles. The number of nitrogens with zero attached hydrogens (tertiary/aromatic N) is 3. The van der Waals surface area contributed by atoms with Gasteiger partial charge in [-0.05, 0) is 44.2 Å². The van der Waals surface area contributed by atoms with E-state index in [1.165, 1.54) is 11.1 Å². The standard InChI is InChI=1S/C22H32N4O3.HI/c1-3-23-22(25-12-10-18(11-13-25)21(28)29-4-2)24-15-20(27)26-14-9-17-7-5-6-8-19(17)16-26;/h5-8,18H,3-4,9-16H2,1-2H3,(H,23,24);1H. The van der Waals surface area contributed by atoms with Crippen LogP contribution in [0.25, 0.3) is 0 Å². The van der Waals surface area contributed by atoms with Gasteiger partial charge in [-0.15, -0.1) is 24.0 Å². The van der Waals surface area contributed by atoms with Gasteiger partial charge >= 0.3 is 5.97 Å². The van der Waals surface area contributed by atoms with Crippen molar-refractivity contribution in [1.82, 2.24) is 15.1 Å². The number of hydrogen-bond donors (Lipinski definition) is 1. The van der Waals surface area contributed by atoms with Crippen molar-refractivity contribution in [2.75, 3.05) is 39.3 Å². The lowest BCUT2D eigenvalue weighted by Crippen LogP contribution is -2.47. The number of fused-ring (bicyclic) bond motifs is 1. The second-order valence-electron chi connectivity index (χ2n) is 7.52. The Morgan fingerprint density at radius 1 is 1.10 bits per heavy atom. The van der Waals surface area contributed by atoms with Gasteiger partial charge < -0.3 is 19.9 Å². The van der Waals surface area contributed by atoms with E-state index in [-0.39, 0.29) is 48.3 Å². The van der Waals surface area contributed by atoms with Gasteiger partial charge in [0.25, 0.3) is 0 Å². The van der Waals surface area contributed by atoms with Crippen molar-refractivity contribution in [3.8, 4) is 0 Å². The number of amides is 1. The number of carbonyl (C=O) groups excluding carboxylic acids is 2. The van der Waals surface area contributed by atoms with Gasteiger partial charge in [-0.1, -0.05) is 24.3 Å². The zero-order valence-electron chi connectivity index (χ0n) is 17.9. The number of esters is 1. The molecule has 8 heteroatoms. The first-order valence-corrected chi connectivity index (χ1v) is 10.7. The number of likely N-dealkylation sites (tertiary alicyclic amines) is 1. The predicted octanol–water partition coefficient (Wildman–Crippen LogP) is 2.43. The summed E-state index contributed by atoms with van der Waals surface area (Å²) < 4.78 is 5.14. The van der Waals surface area contributed by atoms with Gasteiger partial charge in [0, 0.05) is 32.7 Å². The third-order valence-electron chi connectivity index (χ3n) is 5.60. The normalized spacial score (nSPS) is 17.1. The van der Waals surface area contributed by atoms with Crippen molar-refractivity contribution in [2.24, 2.45) is 10.9 Å². The summed E-state index contributed by atoms with van der Waals surface area (Å²) in [4.78, 5) is 33.3. The molecule has 0 unspecified atom stereocenters. The van der Waals surface area contributed by atoms with Gasteiger partial charge in [0.2, 0.25) is 5.91 Å². The van der Waals surface area contributed by atoms with Gasteiger partial charge in [0.1, 0.15) is 6.54 Å². The van der Waals surface area contributed by atoms with Gasteiger partial charge in [0.05, 0.1) is 12.5 Å². The third-order valence-corrected chi connectivity index (χ3v) is 5.60. The van der Waals surface area contributed by atoms with Crippen molar-refractivity contribution in [2.45, 2.75) is 39.7 Å². The summed E-state index contributed by atoms with van der Waals surface area (Å²) in [5.41, 5.74) is 2.56. The molecule has 0 atom stereocenters. The molecule has 7 nitrogen and oxygen atoms in total. The Morgan fingerprint density at radius 3 is 2.47 bits per heavy atom. The van der Waals surface area contributed by atoms with E-state index in [1.54, 1.807) is 0 Å². The summed E-state index contributed by atoms with van der Waals surface area (Å²) in [6, 6.07) is 8.30. The first kappa shape index (κ1) is 24.4. The lowest BCUT2D eigenvalue weighted by Gasteiger charge is -2.33. The van der Waals surface area contributed by atoms with Crippen LogP contribution in [0, 0.1) is 5.92 Å². The molecule has 0 saturated carbocycles. The molecule has 0 radical (unpaired) electrons. The first-order valence-electron chi connectivity index (χ1n) is 10.7. The number of ether oxygens (including phenoxy) is 1. The highest BCUT2D eigenvalue weighted by Crippen LogP contribution is 2.20. The van der Waals surface area contributed by atoms with E-state index in [0.717, 1.165) is 51.4 Å². The van der Waals surface area contributed by atoms with Gasteiger partial charge in [-0.3, -0.25) is 9.59 Å². The molecule has 0 aromatic heterocycles. The first-order chi connectivity index (χ1) is 14.1. The Balaban J connectivity index is 0.00000320. The van der Waals surface area contributed by atoms with Crippen LogP contribution in [0.5, 0.6) is 0 Å². The molecule has 0 spiro atoms. The second kappa shape index (κ2) is 12.1. The van der Waals surface area contributed by atoms with E-state index in [4.69, 9.17) is 4.74 Å². The quantitative estimate of drug-likeness (QED) is 0.275. The predicted molar refractivity (Wildman–Crippen MR) is 128 cm³/mol. The van der Waals surface area contributed by atoms with Crippen LogP contribution in [0.15, 0.2) is 29.3 Å². The lowest BCUT2D eigenvalue weighted by molar-refractivity contribution is -0.149. The Labute approximate surface area is 196 Å². The number of carbonyl (C=O) groups is 2. The van der Waals surface area contributed by atoms with Crippen LogP contribution in [0.2, 0.25) is 0 Å². The monoisotopic (exact) mass is 528 g/mol. The molecule has 166 valence electrons. The van der Waals surface area contributed by atoms with Crippen LogP contribution in [0.4, 0.5) is 0 Å². The lowest BCUT2D eigenvalue weighted by atomic mass is 9.97. The van der Waals surface area contributed by atoms with Gasteiger partial charge in [-0.2, -0.15) is 0 Å². The maximum atomic E-state index is 12.7. The number of guanidine groups is 1. The minimum atomic E-state index is -0.102. The molecular weight excluding hydrogens is 495 g/mol. The van der Waals surface area contributed by atoms with Crippen LogP contribution in [0.3, 0.4) is 0 Å². The van der Waals surface area contributed by atoms with E-state index < -0.39 is 0 Å². The SMILES string of the molecule is CCNC(=NCC(=O)N1CCc2ccccc2C1)N1CCC(C(=O)OCC)CC1.I. The summed E-state index contributed by atoms with van der Waals surface area (Å²) in [7, 11) is 0. The average Bonchev–Trinajstić information content (AvgIpc) is 2.76. The zero-order chi connectivity index (χ0) is 20.6. The van der Waals surface area contributed by atoms with Crippen LogP contribution in [0.1, 0.15) is 37.8 Å². The Hall–Kier alpha value is -1.84. The minimum absolute atomic E-state index is 0. The topological polar surface area (TPSA) is 74.2 Å².